The van der Waals surface area contributed by atoms with Crippen molar-refractivity contribution >= 4 is 16.9 Å². The molecule has 4 heteroatoms. The highest BCUT2D eigenvalue weighted by Gasteiger charge is 2.18. The molecule has 0 fully saturated rings. The molecule has 84 valence electrons. The van der Waals surface area contributed by atoms with Crippen molar-refractivity contribution in [3.05, 3.63) is 36.1 Å². The van der Waals surface area contributed by atoms with Gasteiger partial charge in [0.05, 0.1) is 12.9 Å². The van der Waals surface area contributed by atoms with E-state index in [1.165, 1.54) is 0 Å². The molecule has 0 saturated heterocycles. The first-order chi connectivity index (χ1) is 7.72. The topological polar surface area (TPSA) is 59.7 Å². The van der Waals surface area contributed by atoms with Crippen molar-refractivity contribution in [3.63, 3.8) is 0 Å². The number of esters is 1. The first-order valence-corrected chi connectivity index (χ1v) is 5.04. The number of benzene rings is 1. The van der Waals surface area contributed by atoms with Crippen LogP contribution < -0.4 is 0 Å². The molecule has 0 amide bonds. The van der Waals surface area contributed by atoms with Crippen LogP contribution in [0.25, 0.3) is 11.0 Å². The lowest BCUT2D eigenvalue weighted by molar-refractivity contribution is -0.153. The van der Waals surface area contributed by atoms with Crippen LogP contribution in [0, 0.1) is 0 Å². The molecular weight excluding hydrogens is 208 g/mol. The predicted molar refractivity (Wildman–Crippen MR) is 57.8 cm³/mol. The van der Waals surface area contributed by atoms with Crippen LogP contribution in [0.2, 0.25) is 0 Å². The van der Waals surface area contributed by atoms with Gasteiger partial charge in [0.2, 0.25) is 0 Å². The number of furan rings is 1. The summed E-state index contributed by atoms with van der Waals surface area (Å²) in [7, 11) is 0. The van der Waals surface area contributed by atoms with Crippen molar-refractivity contribution < 1.29 is 19.1 Å². The minimum Gasteiger partial charge on any atom is -0.464 e. The van der Waals surface area contributed by atoms with Crippen LogP contribution in [0.1, 0.15) is 18.6 Å². The van der Waals surface area contributed by atoms with Gasteiger partial charge in [-0.25, -0.2) is 4.79 Å². The lowest BCUT2D eigenvalue weighted by Gasteiger charge is -2.09. The molecule has 1 N–H and O–H groups in total. The second-order valence-electron chi connectivity index (χ2n) is 3.37. The van der Waals surface area contributed by atoms with E-state index in [9.17, 15) is 9.90 Å². The lowest BCUT2D eigenvalue weighted by Crippen LogP contribution is -2.15. The molecule has 0 aliphatic heterocycles. The van der Waals surface area contributed by atoms with Gasteiger partial charge in [-0.3, -0.25) is 0 Å². The van der Waals surface area contributed by atoms with Crippen molar-refractivity contribution in [2.75, 3.05) is 6.61 Å². The third-order valence-electron chi connectivity index (χ3n) is 2.30. The number of hydrogen-bond donors (Lipinski definition) is 1. The highest BCUT2D eigenvalue weighted by molar-refractivity contribution is 5.81. The minimum absolute atomic E-state index is 0.254. The van der Waals surface area contributed by atoms with Gasteiger partial charge in [0.1, 0.15) is 5.58 Å². The Bertz CT molecular complexity index is 500. The lowest BCUT2D eigenvalue weighted by atomic mass is 10.1. The van der Waals surface area contributed by atoms with E-state index in [1.54, 1.807) is 37.5 Å². The molecule has 4 nitrogen and oxygen atoms in total. The quantitative estimate of drug-likeness (QED) is 0.804. The third kappa shape index (κ3) is 1.92. The molecule has 1 unspecified atom stereocenters. The van der Waals surface area contributed by atoms with Crippen molar-refractivity contribution in [2.24, 2.45) is 0 Å². The molecule has 2 aromatic rings. The highest BCUT2D eigenvalue weighted by atomic mass is 16.5. The number of aliphatic hydroxyl groups is 1. The second-order valence-corrected chi connectivity index (χ2v) is 3.37. The molecule has 1 aromatic heterocycles. The summed E-state index contributed by atoms with van der Waals surface area (Å²) in [4.78, 5) is 11.3. The van der Waals surface area contributed by atoms with Gasteiger partial charge >= 0.3 is 5.97 Å². The first kappa shape index (κ1) is 10.7. The Morgan fingerprint density at radius 1 is 1.50 bits per heavy atom. The maximum absolute atomic E-state index is 11.3. The van der Waals surface area contributed by atoms with Crippen LogP contribution in [0.4, 0.5) is 0 Å². The maximum Gasteiger partial charge on any atom is 0.339 e. The van der Waals surface area contributed by atoms with Gasteiger partial charge in [0.15, 0.2) is 6.10 Å². The predicted octanol–water partition coefficient (Wildman–Crippen LogP) is 2.03. The van der Waals surface area contributed by atoms with E-state index < -0.39 is 12.1 Å². The summed E-state index contributed by atoms with van der Waals surface area (Å²) in [6.07, 6.45) is 0.324. The number of aliphatic hydroxyl groups excluding tert-OH is 1. The normalized spacial score (nSPS) is 12.6. The Morgan fingerprint density at radius 2 is 2.31 bits per heavy atom. The van der Waals surface area contributed by atoms with Crippen LogP contribution >= 0.6 is 0 Å². The molecule has 0 radical (unpaired) electrons. The van der Waals surface area contributed by atoms with Gasteiger partial charge in [0.25, 0.3) is 0 Å². The van der Waals surface area contributed by atoms with Gasteiger partial charge in [-0.1, -0.05) is 6.07 Å². The van der Waals surface area contributed by atoms with Crippen molar-refractivity contribution in [1.82, 2.24) is 0 Å². The second kappa shape index (κ2) is 4.37. The third-order valence-corrected chi connectivity index (χ3v) is 2.30. The van der Waals surface area contributed by atoms with E-state index in [2.05, 4.69) is 0 Å². The van der Waals surface area contributed by atoms with E-state index in [1.807, 2.05) is 0 Å². The molecule has 0 spiro atoms. The summed E-state index contributed by atoms with van der Waals surface area (Å²) in [5.41, 5.74) is 1.23. The standard InChI is InChI=1S/C12H12O4/c1-2-15-12(14)11(13)9-3-4-10-8(7-9)5-6-16-10/h3-7,11,13H,2H2,1H3. The van der Waals surface area contributed by atoms with Gasteiger partial charge in [0, 0.05) is 5.39 Å². The summed E-state index contributed by atoms with van der Waals surface area (Å²) in [5, 5.41) is 10.6. The summed E-state index contributed by atoms with van der Waals surface area (Å²) >= 11 is 0. The Kier molecular flexibility index (Phi) is 2.92. The molecule has 2 rings (SSSR count). The fourth-order valence-corrected chi connectivity index (χ4v) is 1.51. The number of carbonyl (C=O) groups excluding carboxylic acids is 1. The number of ether oxygens (including phenoxy) is 1. The van der Waals surface area contributed by atoms with Crippen LogP contribution in [0.5, 0.6) is 0 Å². The zero-order valence-corrected chi connectivity index (χ0v) is 8.84. The molecule has 1 heterocycles. The monoisotopic (exact) mass is 220 g/mol. The summed E-state index contributed by atoms with van der Waals surface area (Å²) in [6.45, 7) is 1.95. The van der Waals surface area contributed by atoms with Gasteiger partial charge < -0.3 is 14.3 Å². The molecule has 0 saturated carbocycles. The van der Waals surface area contributed by atoms with Crippen LogP contribution in [0.15, 0.2) is 34.9 Å². The Labute approximate surface area is 92.4 Å². The first-order valence-electron chi connectivity index (χ1n) is 5.04. The molecule has 1 aromatic carbocycles. The zero-order valence-electron chi connectivity index (χ0n) is 8.84. The summed E-state index contributed by atoms with van der Waals surface area (Å²) < 4.78 is 9.90. The van der Waals surface area contributed by atoms with E-state index in [-0.39, 0.29) is 6.61 Å². The van der Waals surface area contributed by atoms with Gasteiger partial charge in [-0.05, 0) is 30.7 Å². The fourth-order valence-electron chi connectivity index (χ4n) is 1.51. The van der Waals surface area contributed by atoms with E-state index in [0.717, 1.165) is 11.0 Å². The summed E-state index contributed by atoms with van der Waals surface area (Å²) in [6, 6.07) is 6.84. The minimum atomic E-state index is -1.24. The average molecular weight is 220 g/mol. The van der Waals surface area contributed by atoms with E-state index >= 15 is 0 Å². The van der Waals surface area contributed by atoms with Crippen molar-refractivity contribution in [2.45, 2.75) is 13.0 Å². The van der Waals surface area contributed by atoms with Crippen LogP contribution in [0.3, 0.4) is 0 Å². The van der Waals surface area contributed by atoms with Gasteiger partial charge in [-0.2, -0.15) is 0 Å². The number of fused-ring (bicyclic) bond motifs is 1. The molecule has 0 aliphatic carbocycles. The van der Waals surface area contributed by atoms with Crippen LogP contribution in [-0.2, 0) is 9.53 Å². The molecule has 16 heavy (non-hydrogen) atoms. The highest BCUT2D eigenvalue weighted by Crippen LogP contribution is 2.21. The van der Waals surface area contributed by atoms with Gasteiger partial charge in [-0.15, -0.1) is 0 Å². The zero-order chi connectivity index (χ0) is 11.5. The largest absolute Gasteiger partial charge is 0.464 e. The van der Waals surface area contributed by atoms with E-state index in [4.69, 9.17) is 9.15 Å². The maximum atomic E-state index is 11.3. The Morgan fingerprint density at radius 3 is 3.06 bits per heavy atom. The molecule has 0 bridgehead atoms. The molecule has 0 aliphatic rings. The smallest absolute Gasteiger partial charge is 0.339 e. The number of carbonyl (C=O) groups is 1. The Hall–Kier alpha value is -1.81. The summed E-state index contributed by atoms with van der Waals surface area (Å²) in [5.74, 6) is -0.634. The van der Waals surface area contributed by atoms with E-state index in [0.29, 0.717) is 5.56 Å². The van der Waals surface area contributed by atoms with Crippen molar-refractivity contribution in [1.29, 1.82) is 0 Å². The van der Waals surface area contributed by atoms with Crippen LogP contribution in [-0.4, -0.2) is 17.7 Å². The average Bonchev–Trinajstić information content (AvgIpc) is 2.75. The SMILES string of the molecule is CCOC(=O)C(O)c1ccc2occc2c1. The fraction of sp³-hybridized carbons (Fsp3) is 0.250. The molecular formula is C12H12O4. The number of hydrogen-bond acceptors (Lipinski definition) is 4. The number of rotatable bonds is 3. The van der Waals surface area contributed by atoms with Crippen molar-refractivity contribution in [3.8, 4) is 0 Å². The molecule has 1 atom stereocenters. The Balaban J connectivity index is 2.28.